The molecule has 0 radical (unpaired) electrons. The SMILES string of the molecule is Cc1nc(C(O)C#Cc2ccc3c(c2)-c2nc(C(N)=O)sc2C2CC3C2)no1. The molecule has 1 aromatic carbocycles. The molecule has 6 rings (SSSR count). The minimum absolute atomic E-state index is 0.147. The van der Waals surface area contributed by atoms with E-state index in [1.807, 2.05) is 12.1 Å². The van der Waals surface area contributed by atoms with E-state index >= 15 is 0 Å². The molecule has 3 aliphatic rings. The lowest BCUT2D eigenvalue weighted by Crippen LogP contribution is -2.17. The van der Waals surface area contributed by atoms with Crippen molar-refractivity contribution < 1.29 is 14.4 Å². The molecule has 8 heteroatoms. The molecule has 7 nitrogen and oxygen atoms in total. The third kappa shape index (κ3) is 2.71. The van der Waals surface area contributed by atoms with E-state index < -0.39 is 12.0 Å². The van der Waals surface area contributed by atoms with E-state index in [-0.39, 0.29) is 5.82 Å². The molecule has 1 saturated carbocycles. The molecule has 1 amide bonds. The van der Waals surface area contributed by atoms with E-state index in [4.69, 9.17) is 10.3 Å². The van der Waals surface area contributed by atoms with Gasteiger partial charge in [-0.3, -0.25) is 4.79 Å². The second kappa shape index (κ2) is 6.26. The Bertz CT molecular complexity index is 1160. The fourth-order valence-electron chi connectivity index (χ4n) is 3.83. The third-order valence-electron chi connectivity index (χ3n) is 5.26. The zero-order valence-corrected chi connectivity index (χ0v) is 15.8. The van der Waals surface area contributed by atoms with Crippen LogP contribution in [0.3, 0.4) is 0 Å². The molecule has 0 spiro atoms. The Kier molecular flexibility index (Phi) is 3.82. The standard InChI is InChI=1S/C20H16N4O3S/c1-9-22-19(24-27-9)15(25)5-3-10-2-4-13-11-7-12(8-11)17-16(14(13)6-10)23-20(28-17)18(21)26/h2,4,6,11-12,15,25H,7-8H2,1H3,(H2,21,26). The van der Waals surface area contributed by atoms with Crippen LogP contribution in [-0.2, 0) is 0 Å². The number of carbonyl (C=O) groups is 1. The number of benzene rings is 1. The predicted octanol–water partition coefficient (Wildman–Crippen LogP) is 2.66. The molecule has 0 aliphatic heterocycles. The average Bonchev–Trinajstić information content (AvgIpc) is 3.21. The maximum atomic E-state index is 11.6. The summed E-state index contributed by atoms with van der Waals surface area (Å²) in [5, 5.41) is 14.2. The molecular formula is C20H16N4O3S. The zero-order chi connectivity index (χ0) is 19.4. The van der Waals surface area contributed by atoms with Gasteiger partial charge in [0.15, 0.2) is 11.1 Å². The predicted molar refractivity (Wildman–Crippen MR) is 102 cm³/mol. The average molecular weight is 392 g/mol. The van der Waals surface area contributed by atoms with Crippen molar-refractivity contribution in [2.75, 3.05) is 0 Å². The van der Waals surface area contributed by atoms with Gasteiger partial charge in [-0.2, -0.15) is 4.98 Å². The summed E-state index contributed by atoms with van der Waals surface area (Å²) < 4.78 is 4.87. The number of hydrogen-bond acceptors (Lipinski definition) is 7. The number of amides is 1. The van der Waals surface area contributed by atoms with Gasteiger partial charge in [0.1, 0.15) is 0 Å². The van der Waals surface area contributed by atoms with Crippen molar-refractivity contribution in [1.82, 2.24) is 15.1 Å². The van der Waals surface area contributed by atoms with Gasteiger partial charge in [0.25, 0.3) is 5.91 Å². The molecule has 2 bridgehead atoms. The number of nitrogens with two attached hydrogens (primary N) is 1. The van der Waals surface area contributed by atoms with E-state index in [2.05, 4.69) is 33.0 Å². The van der Waals surface area contributed by atoms with Gasteiger partial charge in [-0.25, -0.2) is 4.98 Å². The summed E-state index contributed by atoms with van der Waals surface area (Å²) in [6.07, 6.45) is 1.02. The maximum absolute atomic E-state index is 11.6. The van der Waals surface area contributed by atoms with Crippen molar-refractivity contribution in [3.05, 3.63) is 50.9 Å². The van der Waals surface area contributed by atoms with E-state index in [0.717, 1.165) is 34.5 Å². The highest BCUT2D eigenvalue weighted by Gasteiger charge is 2.40. The maximum Gasteiger partial charge on any atom is 0.277 e. The third-order valence-corrected chi connectivity index (χ3v) is 6.49. The summed E-state index contributed by atoms with van der Waals surface area (Å²) in [7, 11) is 0. The van der Waals surface area contributed by atoms with Crippen LogP contribution in [-0.4, -0.2) is 26.1 Å². The van der Waals surface area contributed by atoms with Crippen molar-refractivity contribution in [2.24, 2.45) is 5.73 Å². The normalized spacial score (nSPS) is 20.1. The van der Waals surface area contributed by atoms with Gasteiger partial charge >= 0.3 is 0 Å². The molecule has 2 aromatic heterocycles. The lowest BCUT2D eigenvalue weighted by Gasteiger charge is -2.33. The minimum atomic E-state index is -1.12. The van der Waals surface area contributed by atoms with Crippen LogP contribution in [0.4, 0.5) is 0 Å². The number of thiazole rings is 1. The molecule has 2 heterocycles. The van der Waals surface area contributed by atoms with Crippen LogP contribution in [0.15, 0.2) is 22.7 Å². The van der Waals surface area contributed by atoms with Gasteiger partial charge in [0.2, 0.25) is 11.7 Å². The molecule has 1 atom stereocenters. The Morgan fingerprint density at radius 2 is 2.18 bits per heavy atom. The van der Waals surface area contributed by atoms with Crippen LogP contribution in [0, 0.1) is 18.8 Å². The van der Waals surface area contributed by atoms with Gasteiger partial charge in [-0.05, 0) is 42.4 Å². The number of carbonyl (C=O) groups excluding carboxylic acids is 1. The van der Waals surface area contributed by atoms with E-state index in [0.29, 0.717) is 22.7 Å². The van der Waals surface area contributed by atoms with Crippen LogP contribution >= 0.6 is 11.3 Å². The summed E-state index contributed by atoms with van der Waals surface area (Å²) in [6.45, 7) is 1.65. The van der Waals surface area contributed by atoms with E-state index in [1.165, 1.54) is 16.9 Å². The molecular weight excluding hydrogens is 376 g/mol. The number of primary amides is 1. The second-order valence-corrected chi connectivity index (χ2v) is 8.14. The fourth-order valence-corrected chi connectivity index (χ4v) is 4.89. The molecule has 28 heavy (non-hydrogen) atoms. The van der Waals surface area contributed by atoms with Crippen LogP contribution < -0.4 is 5.73 Å². The van der Waals surface area contributed by atoms with Gasteiger partial charge in [0.05, 0.1) is 5.69 Å². The summed E-state index contributed by atoms with van der Waals surface area (Å²) in [4.78, 5) is 21.3. The molecule has 140 valence electrons. The van der Waals surface area contributed by atoms with Crippen molar-refractivity contribution >= 4 is 17.2 Å². The topological polar surface area (TPSA) is 115 Å². The smallest absolute Gasteiger partial charge is 0.277 e. The molecule has 3 aliphatic carbocycles. The lowest BCUT2D eigenvalue weighted by atomic mass is 9.72. The Hall–Kier alpha value is -3.02. The highest BCUT2D eigenvalue weighted by Crippen LogP contribution is 2.56. The fraction of sp³-hybridized carbons (Fsp3) is 0.300. The number of aliphatic hydroxyl groups is 1. The van der Waals surface area contributed by atoms with Crippen molar-refractivity contribution in [3.8, 4) is 23.1 Å². The number of rotatable bonds is 2. The van der Waals surface area contributed by atoms with E-state index in [9.17, 15) is 9.90 Å². The van der Waals surface area contributed by atoms with Crippen molar-refractivity contribution in [3.63, 3.8) is 0 Å². The Morgan fingerprint density at radius 3 is 2.89 bits per heavy atom. The van der Waals surface area contributed by atoms with Gasteiger partial charge in [0, 0.05) is 22.9 Å². The lowest BCUT2D eigenvalue weighted by molar-refractivity contribution is 0.1000. The van der Waals surface area contributed by atoms with Crippen molar-refractivity contribution in [1.29, 1.82) is 0 Å². The summed E-state index contributed by atoms with van der Waals surface area (Å²) in [5.41, 5.74) is 9.27. The molecule has 0 saturated heterocycles. The first-order chi connectivity index (χ1) is 13.5. The monoisotopic (exact) mass is 392 g/mol. The molecule has 1 unspecified atom stereocenters. The molecule has 1 fully saturated rings. The largest absolute Gasteiger partial charge is 0.373 e. The zero-order valence-electron chi connectivity index (χ0n) is 15.0. The molecule has 3 aromatic rings. The number of aryl methyl sites for hydroxylation is 1. The number of aromatic nitrogens is 3. The highest BCUT2D eigenvalue weighted by atomic mass is 32.1. The van der Waals surface area contributed by atoms with Gasteiger partial charge < -0.3 is 15.4 Å². The van der Waals surface area contributed by atoms with Crippen LogP contribution in [0.1, 0.15) is 68.3 Å². The Labute approximate surface area is 164 Å². The van der Waals surface area contributed by atoms with Crippen LogP contribution in [0.2, 0.25) is 0 Å². The van der Waals surface area contributed by atoms with Gasteiger partial charge in [-0.1, -0.05) is 23.1 Å². The summed E-state index contributed by atoms with van der Waals surface area (Å²) in [6, 6.07) is 5.99. The van der Waals surface area contributed by atoms with Crippen LogP contribution in [0.25, 0.3) is 11.3 Å². The second-order valence-electron chi connectivity index (χ2n) is 7.11. The summed E-state index contributed by atoms with van der Waals surface area (Å²) in [5.74, 6) is 6.70. The first-order valence-corrected chi connectivity index (χ1v) is 9.76. The minimum Gasteiger partial charge on any atom is -0.373 e. The Balaban J connectivity index is 1.54. The van der Waals surface area contributed by atoms with E-state index in [1.54, 1.807) is 6.92 Å². The highest BCUT2D eigenvalue weighted by molar-refractivity contribution is 7.14. The first-order valence-electron chi connectivity index (χ1n) is 8.94. The number of aliphatic hydroxyl groups excluding tert-OH is 1. The quantitative estimate of drug-likeness (QED) is 0.648. The van der Waals surface area contributed by atoms with Crippen molar-refractivity contribution in [2.45, 2.75) is 37.7 Å². The first kappa shape index (κ1) is 17.1. The number of hydrogen-bond donors (Lipinski definition) is 2. The van der Waals surface area contributed by atoms with Crippen LogP contribution in [0.5, 0.6) is 0 Å². The number of nitrogens with zero attached hydrogens (tertiary/aromatic N) is 3. The Morgan fingerprint density at radius 1 is 1.36 bits per heavy atom. The summed E-state index contributed by atoms with van der Waals surface area (Å²) >= 11 is 1.40. The van der Waals surface area contributed by atoms with Gasteiger partial charge in [-0.15, -0.1) is 11.3 Å². The molecule has 3 N–H and O–H groups in total.